The van der Waals surface area contributed by atoms with E-state index in [1.807, 2.05) is 0 Å². The number of hydroxylamine groups is 2. The van der Waals surface area contributed by atoms with E-state index in [-0.39, 0.29) is 5.70 Å². The van der Waals surface area contributed by atoms with E-state index in [0.29, 0.717) is 0 Å². The van der Waals surface area contributed by atoms with Gasteiger partial charge < -0.3 is 5.11 Å². The number of amides is 1. The summed E-state index contributed by atoms with van der Waals surface area (Å²) in [6, 6.07) is 0. The Morgan fingerprint density at radius 2 is 2.10 bits per heavy atom. The lowest BCUT2D eigenvalue weighted by Crippen LogP contribution is -2.55. The Morgan fingerprint density at radius 1 is 1.45 bits per heavy atom. The second kappa shape index (κ2) is 4.81. The van der Waals surface area contributed by atoms with Crippen LogP contribution in [0.25, 0.3) is 0 Å². The molecular formula is C14H15NO5. The Balaban J connectivity index is 2.68. The summed E-state index contributed by atoms with van der Waals surface area (Å²) in [5.41, 5.74) is -2.10. The molecule has 0 saturated carbocycles. The average molecular weight is 277 g/mol. The molecule has 6 heteroatoms. The molecule has 0 aromatic rings. The van der Waals surface area contributed by atoms with Crippen LogP contribution in [0, 0.1) is 11.3 Å². The number of carbonyl (C=O) groups excluding carboxylic acids is 3. The van der Waals surface area contributed by atoms with E-state index < -0.39 is 34.9 Å². The number of hydrogen-bond acceptors (Lipinski definition) is 5. The summed E-state index contributed by atoms with van der Waals surface area (Å²) >= 11 is 0. The van der Waals surface area contributed by atoms with Crippen LogP contribution in [0.3, 0.4) is 0 Å². The van der Waals surface area contributed by atoms with Gasteiger partial charge >= 0.3 is 0 Å². The van der Waals surface area contributed by atoms with Crippen LogP contribution >= 0.6 is 0 Å². The maximum atomic E-state index is 12.5. The highest BCUT2D eigenvalue weighted by molar-refractivity contribution is 6.24. The summed E-state index contributed by atoms with van der Waals surface area (Å²) in [6.45, 7) is 5.22. The van der Waals surface area contributed by atoms with Crippen molar-refractivity contribution in [1.29, 1.82) is 0 Å². The molecule has 1 fully saturated rings. The molecule has 1 aliphatic heterocycles. The maximum Gasteiger partial charge on any atom is 0.269 e. The van der Waals surface area contributed by atoms with Crippen molar-refractivity contribution in [1.82, 2.24) is 5.06 Å². The van der Waals surface area contributed by atoms with Crippen LogP contribution in [0.4, 0.5) is 0 Å². The quantitative estimate of drug-likeness (QED) is 0.441. The zero-order valence-corrected chi connectivity index (χ0v) is 11.2. The molecule has 0 unspecified atom stereocenters. The van der Waals surface area contributed by atoms with Crippen molar-refractivity contribution in [3.05, 3.63) is 36.6 Å². The molecule has 20 heavy (non-hydrogen) atoms. The number of nitrogens with zero attached hydrogens (tertiary/aromatic N) is 1. The minimum Gasteiger partial charge on any atom is -0.383 e. The molecule has 1 aliphatic carbocycles. The van der Waals surface area contributed by atoms with Crippen LogP contribution in [-0.2, 0) is 19.2 Å². The Morgan fingerprint density at radius 3 is 2.60 bits per heavy atom. The second-order valence-electron chi connectivity index (χ2n) is 4.64. The molecule has 6 nitrogen and oxygen atoms in total. The summed E-state index contributed by atoms with van der Waals surface area (Å²) < 4.78 is 0. The van der Waals surface area contributed by atoms with E-state index in [9.17, 15) is 19.5 Å². The van der Waals surface area contributed by atoms with Gasteiger partial charge in [0.15, 0.2) is 11.2 Å². The van der Waals surface area contributed by atoms with Gasteiger partial charge in [-0.05, 0) is 13.0 Å². The lowest BCUT2D eigenvalue weighted by Gasteiger charge is -2.35. The predicted molar refractivity (Wildman–Crippen MR) is 68.9 cm³/mol. The first-order chi connectivity index (χ1) is 9.42. The Labute approximate surface area is 116 Å². The SMILES string of the molecule is C=C1C(=O)[C@]2(C(=O)N1OC)[C@H](O)C(=O)C=C[C@H]2/C=C/C. The molecule has 1 heterocycles. The molecule has 2 aliphatic rings. The van der Waals surface area contributed by atoms with Crippen LogP contribution in [0.2, 0.25) is 0 Å². The molecule has 106 valence electrons. The van der Waals surface area contributed by atoms with E-state index in [4.69, 9.17) is 4.84 Å². The number of aliphatic hydroxyl groups is 1. The van der Waals surface area contributed by atoms with Crippen molar-refractivity contribution in [2.75, 3.05) is 7.11 Å². The van der Waals surface area contributed by atoms with E-state index in [1.165, 1.54) is 19.3 Å². The number of ketones is 2. The number of aliphatic hydroxyl groups excluding tert-OH is 1. The van der Waals surface area contributed by atoms with Gasteiger partial charge in [-0.15, -0.1) is 0 Å². The smallest absolute Gasteiger partial charge is 0.269 e. The van der Waals surface area contributed by atoms with E-state index in [0.717, 1.165) is 5.06 Å². The van der Waals surface area contributed by atoms with Crippen LogP contribution in [0.15, 0.2) is 36.6 Å². The Hall–Kier alpha value is -2.05. The predicted octanol–water partition coefficient (Wildman–Crippen LogP) is 0.151. The lowest BCUT2D eigenvalue weighted by atomic mass is 9.64. The second-order valence-corrected chi connectivity index (χ2v) is 4.64. The number of Topliss-reactive ketones (excluding diaryl/α,β-unsaturated/α-hetero) is 1. The lowest BCUT2D eigenvalue weighted by molar-refractivity contribution is -0.175. The normalized spacial score (nSPS) is 34.0. The van der Waals surface area contributed by atoms with Crippen LogP contribution in [0.5, 0.6) is 0 Å². The number of carbonyl (C=O) groups is 3. The molecule has 2 rings (SSSR count). The fourth-order valence-electron chi connectivity index (χ4n) is 2.72. The highest BCUT2D eigenvalue weighted by atomic mass is 16.7. The third-order valence-electron chi connectivity index (χ3n) is 3.70. The van der Waals surface area contributed by atoms with E-state index in [2.05, 4.69) is 6.58 Å². The summed E-state index contributed by atoms with van der Waals surface area (Å²) in [4.78, 5) is 41.6. The van der Waals surface area contributed by atoms with Gasteiger partial charge in [-0.3, -0.25) is 19.2 Å². The van der Waals surface area contributed by atoms with Crippen molar-refractivity contribution in [3.8, 4) is 0 Å². The topological polar surface area (TPSA) is 83.9 Å². The fourth-order valence-corrected chi connectivity index (χ4v) is 2.72. The van der Waals surface area contributed by atoms with Gasteiger partial charge in [0, 0.05) is 5.92 Å². The molecule has 0 radical (unpaired) electrons. The number of hydrogen-bond donors (Lipinski definition) is 1. The van der Waals surface area contributed by atoms with Crippen molar-refractivity contribution in [2.24, 2.45) is 11.3 Å². The van der Waals surface area contributed by atoms with Crippen LogP contribution in [-0.4, -0.2) is 40.9 Å². The van der Waals surface area contributed by atoms with Gasteiger partial charge in [0.05, 0.1) is 7.11 Å². The van der Waals surface area contributed by atoms with Gasteiger partial charge in [-0.1, -0.05) is 24.8 Å². The van der Waals surface area contributed by atoms with Crippen molar-refractivity contribution in [2.45, 2.75) is 13.0 Å². The molecule has 1 saturated heterocycles. The molecule has 3 atom stereocenters. The molecule has 1 N–H and O–H groups in total. The standard InChI is InChI=1S/C14H15NO5/c1-4-5-9-6-7-10(16)12(18)14(9)11(17)8(2)15(20-3)13(14)19/h4-7,9,12,18H,2H2,1,3H3/b5-4+/t9-,12-,14+/m1/s1. The van der Waals surface area contributed by atoms with Crippen LogP contribution in [0.1, 0.15) is 6.92 Å². The third-order valence-corrected chi connectivity index (χ3v) is 3.70. The molecule has 0 aromatic carbocycles. The average Bonchev–Trinajstić information content (AvgIpc) is 2.61. The van der Waals surface area contributed by atoms with E-state index in [1.54, 1.807) is 19.1 Å². The monoisotopic (exact) mass is 277 g/mol. The summed E-state index contributed by atoms with van der Waals surface area (Å²) in [5.74, 6) is -2.88. The third kappa shape index (κ3) is 1.55. The van der Waals surface area contributed by atoms with Crippen molar-refractivity contribution >= 4 is 17.5 Å². The first-order valence-corrected chi connectivity index (χ1v) is 6.08. The first kappa shape index (κ1) is 14.4. The molecule has 1 amide bonds. The summed E-state index contributed by atoms with van der Waals surface area (Å²) in [6.07, 6.45) is 4.12. The van der Waals surface area contributed by atoms with Gasteiger partial charge in [0.25, 0.3) is 5.91 Å². The molecule has 1 spiro atoms. The number of allylic oxidation sites excluding steroid dienone is 4. The van der Waals surface area contributed by atoms with E-state index >= 15 is 0 Å². The minimum absolute atomic E-state index is 0.186. The van der Waals surface area contributed by atoms with Gasteiger partial charge in [-0.2, -0.15) is 5.06 Å². The maximum absolute atomic E-state index is 12.5. The summed E-state index contributed by atoms with van der Waals surface area (Å²) in [7, 11) is 1.22. The Bertz CT molecular complexity index is 562. The van der Waals surface area contributed by atoms with Gasteiger partial charge in [-0.25, -0.2) is 0 Å². The van der Waals surface area contributed by atoms with Crippen molar-refractivity contribution < 1.29 is 24.3 Å². The summed E-state index contributed by atoms with van der Waals surface area (Å²) in [5, 5.41) is 10.9. The first-order valence-electron chi connectivity index (χ1n) is 6.08. The fraction of sp³-hybridized carbons (Fsp3) is 0.357. The zero-order chi connectivity index (χ0) is 15.1. The zero-order valence-electron chi connectivity index (χ0n) is 11.2. The number of rotatable bonds is 2. The molecule has 0 bridgehead atoms. The highest BCUT2D eigenvalue weighted by Gasteiger charge is 2.66. The minimum atomic E-state index is -1.91. The highest BCUT2D eigenvalue weighted by Crippen LogP contribution is 2.47. The Kier molecular flexibility index (Phi) is 3.45. The molecule has 0 aromatic heterocycles. The van der Waals surface area contributed by atoms with Crippen LogP contribution < -0.4 is 0 Å². The largest absolute Gasteiger partial charge is 0.383 e. The molecular weight excluding hydrogens is 262 g/mol. The van der Waals surface area contributed by atoms with Crippen molar-refractivity contribution in [3.63, 3.8) is 0 Å². The van der Waals surface area contributed by atoms with Gasteiger partial charge in [0.2, 0.25) is 5.78 Å². The van der Waals surface area contributed by atoms with Gasteiger partial charge in [0.1, 0.15) is 11.8 Å².